The van der Waals surface area contributed by atoms with Crippen molar-refractivity contribution in [2.45, 2.75) is 19.6 Å². The molecule has 0 aliphatic rings. The minimum atomic E-state index is -1.10. The maximum absolute atomic E-state index is 12.0. The van der Waals surface area contributed by atoms with Crippen molar-refractivity contribution in [3.8, 4) is 5.75 Å². The van der Waals surface area contributed by atoms with E-state index in [0.29, 0.717) is 15.8 Å². The summed E-state index contributed by atoms with van der Waals surface area (Å²) in [4.78, 5) is 12.0. The van der Waals surface area contributed by atoms with Crippen LogP contribution in [-0.4, -0.2) is 18.7 Å². The second-order valence-corrected chi connectivity index (χ2v) is 7.39. The molecule has 0 fully saturated rings. The Morgan fingerprint density at radius 1 is 1.21 bits per heavy atom. The van der Waals surface area contributed by atoms with Gasteiger partial charge in [-0.1, -0.05) is 53.5 Å². The standard InChI is InChI=1S/C17H18Cl2NO3P/c1-12(17(21)22-11-13-6-4-3-5-7-13)20-24(2)23-16-9-8-14(18)10-15(16)19/h3-10,12,20H,11H2,1-2H3/t12-,24?/m0/s1. The molecule has 0 heterocycles. The molecular weight excluding hydrogens is 368 g/mol. The first-order valence-corrected chi connectivity index (χ1v) is 9.75. The second-order valence-electron chi connectivity index (χ2n) is 5.11. The number of carbonyl (C=O) groups is 1. The van der Waals surface area contributed by atoms with Gasteiger partial charge in [-0.05, 0) is 30.7 Å². The van der Waals surface area contributed by atoms with Gasteiger partial charge in [0.15, 0.2) is 8.30 Å². The van der Waals surface area contributed by atoms with Crippen LogP contribution in [0.25, 0.3) is 0 Å². The van der Waals surface area contributed by atoms with Crippen LogP contribution in [0.3, 0.4) is 0 Å². The van der Waals surface area contributed by atoms with Crippen LogP contribution in [0.2, 0.25) is 10.0 Å². The molecule has 0 bridgehead atoms. The van der Waals surface area contributed by atoms with E-state index in [1.807, 2.05) is 37.0 Å². The number of hydrogen-bond acceptors (Lipinski definition) is 4. The fourth-order valence-electron chi connectivity index (χ4n) is 1.90. The number of halogens is 2. The maximum atomic E-state index is 12.0. The zero-order valence-electron chi connectivity index (χ0n) is 13.3. The van der Waals surface area contributed by atoms with Gasteiger partial charge in [0.1, 0.15) is 18.4 Å². The van der Waals surface area contributed by atoms with Gasteiger partial charge in [0.05, 0.1) is 5.02 Å². The van der Waals surface area contributed by atoms with Crippen LogP contribution in [0.1, 0.15) is 12.5 Å². The number of rotatable bonds is 7. The number of esters is 1. The Balaban J connectivity index is 1.82. The molecule has 1 unspecified atom stereocenters. The van der Waals surface area contributed by atoms with E-state index in [4.69, 9.17) is 32.5 Å². The van der Waals surface area contributed by atoms with Crippen LogP contribution in [0.5, 0.6) is 5.75 Å². The quantitative estimate of drug-likeness (QED) is 0.535. The van der Waals surface area contributed by atoms with Gasteiger partial charge in [-0.15, -0.1) is 0 Å². The maximum Gasteiger partial charge on any atom is 0.323 e. The molecule has 7 heteroatoms. The number of benzene rings is 2. The van der Waals surface area contributed by atoms with E-state index < -0.39 is 14.3 Å². The fourth-order valence-corrected chi connectivity index (χ4v) is 3.56. The van der Waals surface area contributed by atoms with Gasteiger partial charge in [-0.2, -0.15) is 0 Å². The van der Waals surface area contributed by atoms with E-state index in [0.717, 1.165) is 5.56 Å². The third-order valence-electron chi connectivity index (χ3n) is 3.08. The summed E-state index contributed by atoms with van der Waals surface area (Å²) in [5.41, 5.74) is 0.945. The molecule has 0 saturated heterocycles. The molecule has 0 aliphatic heterocycles. The third kappa shape index (κ3) is 5.95. The van der Waals surface area contributed by atoms with Crippen LogP contribution in [0.15, 0.2) is 48.5 Å². The van der Waals surface area contributed by atoms with Crippen LogP contribution in [0, 0.1) is 0 Å². The van der Waals surface area contributed by atoms with E-state index in [9.17, 15) is 4.79 Å². The van der Waals surface area contributed by atoms with Crippen molar-refractivity contribution < 1.29 is 14.1 Å². The molecule has 1 N–H and O–H groups in total. The third-order valence-corrected chi connectivity index (χ3v) is 4.83. The van der Waals surface area contributed by atoms with Crippen molar-refractivity contribution in [1.29, 1.82) is 0 Å². The molecule has 0 amide bonds. The SMILES string of the molecule is C[C@H](NP(C)Oc1ccc(Cl)cc1Cl)C(=O)OCc1ccccc1. The highest BCUT2D eigenvalue weighted by molar-refractivity contribution is 7.50. The Bertz CT molecular complexity index is 685. The molecule has 4 nitrogen and oxygen atoms in total. The van der Waals surface area contributed by atoms with Crippen LogP contribution < -0.4 is 9.61 Å². The normalized spacial score (nSPS) is 13.2. The first-order valence-electron chi connectivity index (χ1n) is 7.29. The largest absolute Gasteiger partial charge is 0.460 e. The van der Waals surface area contributed by atoms with E-state index in [2.05, 4.69) is 5.09 Å². The molecular formula is C17H18Cl2NO3P. The molecule has 2 rings (SSSR count). The highest BCUT2D eigenvalue weighted by Crippen LogP contribution is 2.36. The van der Waals surface area contributed by atoms with Crippen molar-refractivity contribution in [1.82, 2.24) is 5.09 Å². The summed E-state index contributed by atoms with van der Waals surface area (Å²) >= 11 is 11.9. The van der Waals surface area contributed by atoms with Gasteiger partial charge in [-0.3, -0.25) is 9.88 Å². The predicted octanol–water partition coefficient (Wildman–Crippen LogP) is 5.04. The molecule has 128 valence electrons. The summed E-state index contributed by atoms with van der Waals surface area (Å²) in [5, 5.41) is 4.05. The Morgan fingerprint density at radius 2 is 1.92 bits per heavy atom. The van der Waals surface area contributed by atoms with Crippen molar-refractivity contribution in [3.63, 3.8) is 0 Å². The lowest BCUT2D eigenvalue weighted by Crippen LogP contribution is -2.32. The molecule has 24 heavy (non-hydrogen) atoms. The van der Waals surface area contributed by atoms with Gasteiger partial charge < -0.3 is 9.26 Å². The second kappa shape index (κ2) is 9.24. The average molecular weight is 386 g/mol. The van der Waals surface area contributed by atoms with Crippen molar-refractivity contribution >= 4 is 37.5 Å². The lowest BCUT2D eigenvalue weighted by atomic mass is 10.2. The van der Waals surface area contributed by atoms with Crippen LogP contribution in [0.4, 0.5) is 0 Å². The Morgan fingerprint density at radius 3 is 2.58 bits per heavy atom. The predicted molar refractivity (Wildman–Crippen MR) is 98.8 cm³/mol. The summed E-state index contributed by atoms with van der Waals surface area (Å²) in [7, 11) is -1.10. The van der Waals surface area contributed by atoms with Gasteiger partial charge in [-0.25, -0.2) is 0 Å². The molecule has 0 saturated carbocycles. The monoisotopic (exact) mass is 385 g/mol. The summed E-state index contributed by atoms with van der Waals surface area (Å²) < 4.78 is 11.0. The van der Waals surface area contributed by atoms with Crippen molar-refractivity contribution in [3.05, 3.63) is 64.1 Å². The first kappa shape index (κ1) is 19.0. The van der Waals surface area contributed by atoms with Crippen molar-refractivity contribution in [2.75, 3.05) is 6.66 Å². The molecule has 2 atom stereocenters. The molecule has 2 aromatic rings. The smallest absolute Gasteiger partial charge is 0.323 e. The highest BCUT2D eigenvalue weighted by Gasteiger charge is 2.18. The Kier molecular flexibility index (Phi) is 7.32. The summed E-state index contributed by atoms with van der Waals surface area (Å²) in [6, 6.07) is 14.1. The minimum Gasteiger partial charge on any atom is -0.460 e. The van der Waals surface area contributed by atoms with Gasteiger partial charge in [0.25, 0.3) is 0 Å². The summed E-state index contributed by atoms with van der Waals surface area (Å²) in [6.07, 6.45) is 0. The summed E-state index contributed by atoms with van der Waals surface area (Å²) in [5.74, 6) is 0.186. The lowest BCUT2D eigenvalue weighted by Gasteiger charge is -2.20. The van der Waals surface area contributed by atoms with E-state index in [1.165, 1.54) is 0 Å². The number of carbonyl (C=O) groups excluding carboxylic acids is 1. The van der Waals surface area contributed by atoms with E-state index >= 15 is 0 Å². The minimum absolute atomic E-state index is 0.247. The fraction of sp³-hybridized carbons (Fsp3) is 0.235. The first-order chi connectivity index (χ1) is 11.5. The summed E-state index contributed by atoms with van der Waals surface area (Å²) in [6.45, 7) is 3.83. The van der Waals surface area contributed by atoms with Crippen LogP contribution in [-0.2, 0) is 16.1 Å². The topological polar surface area (TPSA) is 47.6 Å². The molecule has 0 spiro atoms. The Hall–Kier alpha value is -1.32. The van der Waals surface area contributed by atoms with E-state index in [-0.39, 0.29) is 12.6 Å². The molecule has 0 aromatic heterocycles. The van der Waals surface area contributed by atoms with Gasteiger partial charge in [0.2, 0.25) is 0 Å². The Labute approximate surface area is 153 Å². The number of nitrogens with one attached hydrogen (secondary N) is 1. The lowest BCUT2D eigenvalue weighted by molar-refractivity contribution is -0.146. The molecule has 0 radical (unpaired) electrons. The number of ether oxygens (including phenoxy) is 1. The molecule has 0 aliphatic carbocycles. The number of hydrogen-bond donors (Lipinski definition) is 1. The van der Waals surface area contributed by atoms with Gasteiger partial charge >= 0.3 is 5.97 Å². The van der Waals surface area contributed by atoms with Crippen LogP contribution >= 0.6 is 31.5 Å². The average Bonchev–Trinajstić information content (AvgIpc) is 2.56. The highest BCUT2D eigenvalue weighted by atomic mass is 35.5. The van der Waals surface area contributed by atoms with E-state index in [1.54, 1.807) is 25.1 Å². The zero-order chi connectivity index (χ0) is 17.5. The van der Waals surface area contributed by atoms with Crippen molar-refractivity contribution in [2.24, 2.45) is 0 Å². The molecule has 2 aromatic carbocycles. The zero-order valence-corrected chi connectivity index (χ0v) is 15.7. The van der Waals surface area contributed by atoms with Gasteiger partial charge in [0, 0.05) is 11.7 Å².